The lowest BCUT2D eigenvalue weighted by atomic mass is 10.2. The van der Waals surface area contributed by atoms with Gasteiger partial charge in [0, 0.05) is 11.0 Å². The van der Waals surface area contributed by atoms with E-state index in [9.17, 15) is 13.2 Å². The predicted molar refractivity (Wildman–Crippen MR) is 79.3 cm³/mol. The van der Waals surface area contributed by atoms with Gasteiger partial charge in [0.1, 0.15) is 12.4 Å². The molecule has 0 radical (unpaired) electrons. The van der Waals surface area contributed by atoms with Crippen LogP contribution < -0.4 is 15.8 Å². The number of rotatable bonds is 6. The van der Waals surface area contributed by atoms with Crippen molar-refractivity contribution in [2.75, 3.05) is 19.7 Å². The number of aliphatic imine (C=N–C) groups is 1. The Labute approximate surface area is 129 Å². The van der Waals surface area contributed by atoms with Crippen LogP contribution in [0, 0.1) is 0 Å². The number of hydrogen-bond acceptors (Lipinski definition) is 2. The van der Waals surface area contributed by atoms with Gasteiger partial charge >= 0.3 is 6.18 Å². The number of guanidine groups is 1. The van der Waals surface area contributed by atoms with Crippen LogP contribution in [-0.2, 0) is 6.18 Å². The highest BCUT2D eigenvalue weighted by Crippen LogP contribution is 2.37. The Morgan fingerprint density at radius 3 is 2.81 bits per heavy atom. The first-order valence-electron chi connectivity index (χ1n) is 5.99. The van der Waals surface area contributed by atoms with Crippen molar-refractivity contribution in [2.24, 2.45) is 10.7 Å². The Morgan fingerprint density at radius 1 is 1.48 bits per heavy atom. The number of nitrogens with two attached hydrogens (primary N) is 1. The summed E-state index contributed by atoms with van der Waals surface area (Å²) in [7, 11) is 0. The molecule has 0 heterocycles. The molecule has 0 amide bonds. The maximum Gasteiger partial charge on any atom is 0.420 e. The molecule has 3 N–H and O–H groups in total. The first kappa shape index (κ1) is 17.4. The third kappa shape index (κ3) is 6.07. The minimum Gasteiger partial charge on any atom is -0.491 e. The Morgan fingerprint density at radius 2 is 2.19 bits per heavy atom. The van der Waals surface area contributed by atoms with E-state index in [4.69, 9.17) is 10.5 Å². The van der Waals surface area contributed by atoms with Gasteiger partial charge in [-0.25, -0.2) is 4.99 Å². The molecule has 1 aromatic rings. The predicted octanol–water partition coefficient (Wildman–Crippen LogP) is 2.94. The maximum atomic E-state index is 12.8. The van der Waals surface area contributed by atoms with Crippen LogP contribution in [0.1, 0.15) is 5.56 Å². The molecule has 0 aliphatic carbocycles. The summed E-state index contributed by atoms with van der Waals surface area (Å²) in [6.45, 7) is 4.09. The van der Waals surface area contributed by atoms with E-state index in [-0.39, 0.29) is 24.9 Å². The standard InChI is InChI=1S/C13H15BrF3N3O/c1-2-5-19-12(18)20-6-7-21-11-4-3-9(14)8-10(11)13(15,16)17/h2-4,8H,1,5-7H2,(H3,18,19,20). The van der Waals surface area contributed by atoms with Crippen molar-refractivity contribution in [1.29, 1.82) is 0 Å². The SMILES string of the molecule is C=CCNC(N)=NCCOc1ccc(Br)cc1C(F)(F)F. The minimum absolute atomic E-state index is 0.0127. The molecule has 4 nitrogen and oxygen atoms in total. The van der Waals surface area contributed by atoms with Crippen LogP contribution in [0.5, 0.6) is 5.75 Å². The van der Waals surface area contributed by atoms with E-state index in [1.807, 2.05) is 0 Å². The zero-order valence-corrected chi connectivity index (χ0v) is 12.7. The second-order valence-electron chi connectivity index (χ2n) is 3.92. The molecule has 0 saturated carbocycles. The van der Waals surface area contributed by atoms with Crippen molar-refractivity contribution in [3.05, 3.63) is 40.9 Å². The normalized spacial score (nSPS) is 12.1. The summed E-state index contributed by atoms with van der Waals surface area (Å²) < 4.78 is 44.0. The van der Waals surface area contributed by atoms with Gasteiger partial charge in [-0.3, -0.25) is 0 Å². The summed E-state index contributed by atoms with van der Waals surface area (Å²) >= 11 is 3.00. The van der Waals surface area contributed by atoms with E-state index >= 15 is 0 Å². The van der Waals surface area contributed by atoms with Crippen LogP contribution in [0.25, 0.3) is 0 Å². The molecule has 0 atom stereocenters. The van der Waals surface area contributed by atoms with Crippen LogP contribution in [-0.4, -0.2) is 25.7 Å². The third-order valence-corrected chi connectivity index (χ3v) is 2.80. The fraction of sp³-hybridized carbons (Fsp3) is 0.308. The number of halogens is 4. The minimum atomic E-state index is -4.48. The fourth-order valence-corrected chi connectivity index (χ4v) is 1.77. The molecule has 0 aliphatic rings. The Hall–Kier alpha value is -1.70. The summed E-state index contributed by atoms with van der Waals surface area (Å²) in [5.41, 5.74) is 4.67. The van der Waals surface area contributed by atoms with E-state index in [2.05, 4.69) is 32.8 Å². The molecule has 0 aliphatic heterocycles. The summed E-state index contributed by atoms with van der Waals surface area (Å²) in [6.07, 6.45) is -2.87. The fourth-order valence-electron chi connectivity index (χ4n) is 1.40. The highest BCUT2D eigenvalue weighted by Gasteiger charge is 2.34. The van der Waals surface area contributed by atoms with Crippen molar-refractivity contribution in [3.8, 4) is 5.75 Å². The van der Waals surface area contributed by atoms with Crippen LogP contribution in [0.2, 0.25) is 0 Å². The summed E-state index contributed by atoms with van der Waals surface area (Å²) in [5, 5.41) is 2.74. The topological polar surface area (TPSA) is 59.6 Å². The van der Waals surface area contributed by atoms with E-state index in [0.29, 0.717) is 11.0 Å². The van der Waals surface area contributed by atoms with Crippen molar-refractivity contribution in [1.82, 2.24) is 5.32 Å². The Kier molecular flexibility index (Phi) is 6.54. The van der Waals surface area contributed by atoms with Gasteiger partial charge in [-0.1, -0.05) is 22.0 Å². The zero-order valence-electron chi connectivity index (χ0n) is 11.1. The van der Waals surface area contributed by atoms with Gasteiger partial charge in [-0.2, -0.15) is 13.2 Å². The summed E-state index contributed by atoms with van der Waals surface area (Å²) in [4.78, 5) is 3.91. The molecule has 1 rings (SSSR count). The van der Waals surface area contributed by atoms with Gasteiger partial charge in [0.2, 0.25) is 0 Å². The number of nitrogens with zero attached hydrogens (tertiary/aromatic N) is 1. The largest absolute Gasteiger partial charge is 0.491 e. The van der Waals surface area contributed by atoms with Crippen molar-refractivity contribution < 1.29 is 17.9 Å². The summed E-state index contributed by atoms with van der Waals surface area (Å²) in [5.74, 6) is -0.0520. The molecule has 21 heavy (non-hydrogen) atoms. The van der Waals surface area contributed by atoms with E-state index in [1.54, 1.807) is 6.08 Å². The van der Waals surface area contributed by atoms with E-state index in [1.165, 1.54) is 12.1 Å². The smallest absolute Gasteiger partial charge is 0.420 e. The lowest BCUT2D eigenvalue weighted by molar-refractivity contribution is -0.139. The zero-order chi connectivity index (χ0) is 15.9. The first-order chi connectivity index (χ1) is 9.84. The highest BCUT2D eigenvalue weighted by molar-refractivity contribution is 9.10. The van der Waals surface area contributed by atoms with Crippen molar-refractivity contribution >= 4 is 21.9 Å². The third-order valence-electron chi connectivity index (χ3n) is 2.31. The van der Waals surface area contributed by atoms with Crippen LogP contribution in [0.3, 0.4) is 0 Å². The van der Waals surface area contributed by atoms with E-state index < -0.39 is 11.7 Å². The molecule has 1 aromatic carbocycles. The van der Waals surface area contributed by atoms with Crippen LogP contribution in [0.4, 0.5) is 13.2 Å². The number of alkyl halides is 3. The number of hydrogen-bond donors (Lipinski definition) is 2. The first-order valence-corrected chi connectivity index (χ1v) is 6.78. The highest BCUT2D eigenvalue weighted by atomic mass is 79.9. The molecule has 0 spiro atoms. The van der Waals surface area contributed by atoms with Gasteiger partial charge in [-0.15, -0.1) is 6.58 Å². The van der Waals surface area contributed by atoms with E-state index in [0.717, 1.165) is 6.07 Å². The van der Waals surface area contributed by atoms with Crippen LogP contribution in [0.15, 0.2) is 40.3 Å². The Balaban J connectivity index is 2.62. The van der Waals surface area contributed by atoms with Gasteiger partial charge in [0.25, 0.3) is 0 Å². The number of ether oxygens (including phenoxy) is 1. The molecule has 0 unspecified atom stereocenters. The quantitative estimate of drug-likeness (QED) is 0.352. The molecule has 0 fully saturated rings. The second kappa shape index (κ2) is 7.92. The molecule has 0 saturated heterocycles. The number of nitrogens with one attached hydrogen (secondary N) is 1. The van der Waals surface area contributed by atoms with Gasteiger partial charge in [0.05, 0.1) is 12.1 Å². The molecule has 0 aromatic heterocycles. The molecular weight excluding hydrogens is 351 g/mol. The number of benzene rings is 1. The Bertz CT molecular complexity index is 518. The summed E-state index contributed by atoms with van der Waals surface area (Å²) in [6, 6.07) is 3.71. The van der Waals surface area contributed by atoms with Gasteiger partial charge in [-0.05, 0) is 18.2 Å². The molecule has 116 valence electrons. The van der Waals surface area contributed by atoms with Crippen molar-refractivity contribution in [3.63, 3.8) is 0 Å². The van der Waals surface area contributed by atoms with Gasteiger partial charge in [0.15, 0.2) is 5.96 Å². The maximum absolute atomic E-state index is 12.8. The van der Waals surface area contributed by atoms with Crippen LogP contribution >= 0.6 is 15.9 Å². The average molecular weight is 366 g/mol. The molecular formula is C13H15BrF3N3O. The van der Waals surface area contributed by atoms with Crippen molar-refractivity contribution in [2.45, 2.75) is 6.18 Å². The average Bonchev–Trinajstić information content (AvgIpc) is 2.41. The lowest BCUT2D eigenvalue weighted by Gasteiger charge is -2.13. The molecule has 8 heteroatoms. The lowest BCUT2D eigenvalue weighted by Crippen LogP contribution is -2.32. The monoisotopic (exact) mass is 365 g/mol. The molecule has 0 bridgehead atoms. The van der Waals surface area contributed by atoms with Gasteiger partial charge < -0.3 is 15.8 Å². The second-order valence-corrected chi connectivity index (χ2v) is 4.84.